The van der Waals surface area contributed by atoms with E-state index in [-0.39, 0.29) is 12.6 Å². The molecule has 3 heteroatoms. The molecule has 21 heavy (non-hydrogen) atoms. The van der Waals surface area contributed by atoms with Crippen molar-refractivity contribution < 1.29 is 5.11 Å². The quantitative estimate of drug-likeness (QED) is 0.821. The summed E-state index contributed by atoms with van der Waals surface area (Å²) in [5, 5.41) is 9.37. The minimum Gasteiger partial charge on any atom is -0.395 e. The van der Waals surface area contributed by atoms with Crippen molar-refractivity contribution in [2.45, 2.75) is 19.5 Å². The molecule has 2 aromatic rings. The van der Waals surface area contributed by atoms with E-state index < -0.39 is 0 Å². The Bertz CT molecular complexity index is 525. The van der Waals surface area contributed by atoms with Crippen molar-refractivity contribution in [3.05, 3.63) is 71.3 Å². The van der Waals surface area contributed by atoms with E-state index >= 15 is 0 Å². The molecule has 0 amide bonds. The van der Waals surface area contributed by atoms with Crippen LogP contribution in [0.4, 0.5) is 0 Å². The molecule has 3 nitrogen and oxygen atoms in total. The van der Waals surface area contributed by atoms with E-state index in [0.29, 0.717) is 13.1 Å². The second-order valence-corrected chi connectivity index (χ2v) is 5.34. The second kappa shape index (κ2) is 7.93. The van der Waals surface area contributed by atoms with E-state index in [4.69, 9.17) is 5.73 Å². The summed E-state index contributed by atoms with van der Waals surface area (Å²) < 4.78 is 0. The molecule has 0 aliphatic carbocycles. The first kappa shape index (κ1) is 15.7. The standard InChI is InChI=1S/C18H24N2O/c1-15-7-9-17(10-8-15)18(13-19)20(11-12-21)14-16-5-3-2-4-6-16/h2-10,18,21H,11-14,19H2,1H3. The van der Waals surface area contributed by atoms with Gasteiger partial charge in [0.2, 0.25) is 0 Å². The lowest BCUT2D eigenvalue weighted by atomic mass is 10.0. The van der Waals surface area contributed by atoms with Crippen LogP contribution < -0.4 is 5.73 Å². The second-order valence-electron chi connectivity index (χ2n) is 5.34. The maximum atomic E-state index is 9.37. The lowest BCUT2D eigenvalue weighted by Gasteiger charge is -2.31. The van der Waals surface area contributed by atoms with Crippen LogP contribution in [0, 0.1) is 6.92 Å². The van der Waals surface area contributed by atoms with E-state index in [1.807, 2.05) is 18.2 Å². The third kappa shape index (κ3) is 4.39. The van der Waals surface area contributed by atoms with Crippen LogP contribution in [0.3, 0.4) is 0 Å². The first-order chi connectivity index (χ1) is 10.2. The van der Waals surface area contributed by atoms with Gasteiger partial charge in [0.1, 0.15) is 0 Å². The average Bonchev–Trinajstić information content (AvgIpc) is 2.51. The molecule has 0 aliphatic heterocycles. The number of aliphatic hydroxyl groups is 1. The molecule has 2 aromatic carbocycles. The van der Waals surface area contributed by atoms with Gasteiger partial charge in [-0.2, -0.15) is 0 Å². The monoisotopic (exact) mass is 284 g/mol. The number of hydrogen-bond acceptors (Lipinski definition) is 3. The summed E-state index contributed by atoms with van der Waals surface area (Å²) in [7, 11) is 0. The molecule has 0 aromatic heterocycles. The van der Waals surface area contributed by atoms with E-state index in [1.54, 1.807) is 0 Å². The molecule has 0 spiro atoms. The van der Waals surface area contributed by atoms with Crippen molar-refractivity contribution in [3.8, 4) is 0 Å². The highest BCUT2D eigenvalue weighted by Gasteiger charge is 2.18. The lowest BCUT2D eigenvalue weighted by Crippen LogP contribution is -2.35. The Morgan fingerprint density at radius 3 is 2.29 bits per heavy atom. The molecule has 1 atom stereocenters. The van der Waals surface area contributed by atoms with Crippen LogP contribution in [0.2, 0.25) is 0 Å². The summed E-state index contributed by atoms with van der Waals surface area (Å²) in [5.41, 5.74) is 9.68. The Labute approximate surface area is 127 Å². The van der Waals surface area contributed by atoms with Crippen molar-refractivity contribution >= 4 is 0 Å². The van der Waals surface area contributed by atoms with Gasteiger partial charge < -0.3 is 10.8 Å². The summed E-state index contributed by atoms with van der Waals surface area (Å²) in [5.74, 6) is 0. The predicted octanol–water partition coefficient (Wildman–Crippen LogP) is 2.49. The Morgan fingerprint density at radius 1 is 1.05 bits per heavy atom. The van der Waals surface area contributed by atoms with Gasteiger partial charge in [-0.3, -0.25) is 4.90 Å². The van der Waals surface area contributed by atoms with Gasteiger partial charge in [0.05, 0.1) is 6.61 Å². The fourth-order valence-electron chi connectivity index (χ4n) is 2.58. The molecular formula is C18H24N2O. The third-order valence-corrected chi connectivity index (χ3v) is 3.74. The number of benzene rings is 2. The number of nitrogens with zero attached hydrogens (tertiary/aromatic N) is 1. The maximum absolute atomic E-state index is 9.37. The summed E-state index contributed by atoms with van der Waals surface area (Å²) in [4.78, 5) is 2.24. The van der Waals surface area contributed by atoms with Crippen LogP contribution in [-0.4, -0.2) is 29.7 Å². The van der Waals surface area contributed by atoms with Gasteiger partial charge in [-0.05, 0) is 18.1 Å². The van der Waals surface area contributed by atoms with Crippen LogP contribution in [-0.2, 0) is 6.54 Å². The van der Waals surface area contributed by atoms with Gasteiger partial charge in [-0.1, -0.05) is 60.2 Å². The van der Waals surface area contributed by atoms with Crippen LogP contribution in [0.25, 0.3) is 0 Å². The summed E-state index contributed by atoms with van der Waals surface area (Å²) >= 11 is 0. The fraction of sp³-hybridized carbons (Fsp3) is 0.333. The highest BCUT2D eigenvalue weighted by atomic mass is 16.3. The van der Waals surface area contributed by atoms with E-state index in [1.165, 1.54) is 16.7 Å². The molecule has 0 fully saturated rings. The van der Waals surface area contributed by atoms with Crippen molar-refractivity contribution in [3.63, 3.8) is 0 Å². The maximum Gasteiger partial charge on any atom is 0.0558 e. The van der Waals surface area contributed by atoms with Crippen LogP contribution >= 0.6 is 0 Å². The number of aliphatic hydroxyl groups excluding tert-OH is 1. The molecule has 0 radical (unpaired) electrons. The lowest BCUT2D eigenvalue weighted by molar-refractivity contribution is 0.146. The van der Waals surface area contributed by atoms with Crippen molar-refractivity contribution in [1.29, 1.82) is 0 Å². The molecule has 2 rings (SSSR count). The smallest absolute Gasteiger partial charge is 0.0558 e. The molecule has 0 aliphatic rings. The number of rotatable bonds is 7. The molecule has 0 saturated carbocycles. The Morgan fingerprint density at radius 2 is 1.71 bits per heavy atom. The minimum atomic E-state index is 0.123. The van der Waals surface area contributed by atoms with E-state index in [9.17, 15) is 5.11 Å². The molecule has 0 heterocycles. The zero-order valence-electron chi connectivity index (χ0n) is 12.6. The largest absolute Gasteiger partial charge is 0.395 e. The SMILES string of the molecule is Cc1ccc(C(CN)N(CCO)Cc2ccccc2)cc1. The predicted molar refractivity (Wildman–Crippen MR) is 86.9 cm³/mol. The van der Waals surface area contributed by atoms with Crippen molar-refractivity contribution in [2.24, 2.45) is 5.73 Å². The first-order valence-electron chi connectivity index (χ1n) is 7.40. The van der Waals surface area contributed by atoms with Gasteiger partial charge in [0.15, 0.2) is 0 Å². The van der Waals surface area contributed by atoms with Crippen molar-refractivity contribution in [1.82, 2.24) is 4.90 Å². The van der Waals surface area contributed by atoms with Crippen LogP contribution in [0.15, 0.2) is 54.6 Å². The summed E-state index contributed by atoms with van der Waals surface area (Å²) in [6, 6.07) is 18.9. The normalized spacial score (nSPS) is 12.6. The molecule has 0 bridgehead atoms. The molecule has 112 valence electrons. The summed E-state index contributed by atoms with van der Waals surface area (Å²) in [6.07, 6.45) is 0. The highest BCUT2D eigenvalue weighted by molar-refractivity contribution is 5.25. The minimum absolute atomic E-state index is 0.123. The zero-order valence-corrected chi connectivity index (χ0v) is 12.6. The molecule has 0 saturated heterocycles. The summed E-state index contributed by atoms with van der Waals surface area (Å²) in [6.45, 7) is 4.16. The average molecular weight is 284 g/mol. The van der Waals surface area contributed by atoms with Gasteiger partial charge >= 0.3 is 0 Å². The molecule has 1 unspecified atom stereocenters. The van der Waals surface area contributed by atoms with Crippen LogP contribution in [0.5, 0.6) is 0 Å². The highest BCUT2D eigenvalue weighted by Crippen LogP contribution is 2.22. The van der Waals surface area contributed by atoms with Crippen LogP contribution in [0.1, 0.15) is 22.7 Å². The fourth-order valence-corrected chi connectivity index (χ4v) is 2.58. The topological polar surface area (TPSA) is 49.5 Å². The van der Waals surface area contributed by atoms with Gasteiger partial charge in [0.25, 0.3) is 0 Å². The third-order valence-electron chi connectivity index (χ3n) is 3.74. The van der Waals surface area contributed by atoms with Gasteiger partial charge in [-0.15, -0.1) is 0 Å². The van der Waals surface area contributed by atoms with Gasteiger partial charge in [0, 0.05) is 25.7 Å². The zero-order chi connectivity index (χ0) is 15.1. The van der Waals surface area contributed by atoms with Crippen molar-refractivity contribution in [2.75, 3.05) is 19.7 Å². The van der Waals surface area contributed by atoms with E-state index in [2.05, 4.69) is 48.2 Å². The first-order valence-corrected chi connectivity index (χ1v) is 7.40. The number of hydrogen-bond donors (Lipinski definition) is 2. The molecular weight excluding hydrogens is 260 g/mol. The Hall–Kier alpha value is -1.68. The molecule has 3 N–H and O–H groups in total. The van der Waals surface area contributed by atoms with E-state index in [0.717, 1.165) is 6.54 Å². The number of nitrogens with two attached hydrogens (primary N) is 1. The number of aryl methyl sites for hydroxylation is 1. The Balaban J connectivity index is 2.19. The Kier molecular flexibility index (Phi) is 5.93. The van der Waals surface area contributed by atoms with Gasteiger partial charge in [-0.25, -0.2) is 0 Å².